The molecule has 1 fully saturated rings. The molecule has 1 aliphatic heterocycles. The highest BCUT2D eigenvalue weighted by Gasteiger charge is 2.14. The van der Waals surface area contributed by atoms with Crippen molar-refractivity contribution < 1.29 is 4.42 Å². The molecule has 1 unspecified atom stereocenters. The highest BCUT2D eigenvalue weighted by atomic mass is 32.2. The molecule has 2 rings (SSSR count). The van der Waals surface area contributed by atoms with Crippen molar-refractivity contribution in [2.75, 3.05) is 24.6 Å². The van der Waals surface area contributed by atoms with Gasteiger partial charge in [0.2, 0.25) is 0 Å². The maximum Gasteiger partial charge on any atom is 0.191 e. The number of rotatable bonds is 6. The van der Waals surface area contributed by atoms with E-state index in [9.17, 15) is 0 Å². The van der Waals surface area contributed by atoms with E-state index in [4.69, 9.17) is 4.42 Å². The van der Waals surface area contributed by atoms with Crippen LogP contribution < -0.4 is 10.6 Å². The van der Waals surface area contributed by atoms with Gasteiger partial charge in [-0.25, -0.2) is 0 Å². The standard InChI is InChI=1S/C15H23N3OS/c1-2-8-16-15(18-13-5-4-11-20-12-13)17-9-7-14-6-3-10-19-14/h2-3,6,10,13H,1,4-5,7-9,11-12H2,(H2,16,17,18). The van der Waals surface area contributed by atoms with Crippen molar-refractivity contribution in [1.82, 2.24) is 10.6 Å². The van der Waals surface area contributed by atoms with E-state index < -0.39 is 0 Å². The first-order valence-corrected chi connectivity index (χ1v) is 8.30. The second-order valence-corrected chi connectivity index (χ2v) is 5.94. The topological polar surface area (TPSA) is 49.6 Å². The zero-order chi connectivity index (χ0) is 14.0. The average Bonchev–Trinajstić information content (AvgIpc) is 2.99. The lowest BCUT2D eigenvalue weighted by atomic mass is 10.2. The molecule has 1 saturated heterocycles. The predicted molar refractivity (Wildman–Crippen MR) is 86.4 cm³/mol. The SMILES string of the molecule is C=CCNC(=NCCc1ccco1)NC1CCCSC1. The number of hydrogen-bond donors (Lipinski definition) is 2. The van der Waals surface area contributed by atoms with E-state index in [0.717, 1.165) is 37.0 Å². The van der Waals surface area contributed by atoms with Crippen molar-refractivity contribution in [1.29, 1.82) is 0 Å². The van der Waals surface area contributed by atoms with Gasteiger partial charge in [0, 0.05) is 31.3 Å². The highest BCUT2D eigenvalue weighted by molar-refractivity contribution is 7.99. The van der Waals surface area contributed by atoms with Gasteiger partial charge >= 0.3 is 0 Å². The van der Waals surface area contributed by atoms with Crippen LogP contribution in [-0.4, -0.2) is 36.6 Å². The third-order valence-corrected chi connectivity index (χ3v) is 4.34. The first kappa shape index (κ1) is 15.0. The fraction of sp³-hybridized carbons (Fsp3) is 0.533. The van der Waals surface area contributed by atoms with Gasteiger partial charge in [-0.3, -0.25) is 4.99 Å². The second-order valence-electron chi connectivity index (χ2n) is 4.79. The van der Waals surface area contributed by atoms with E-state index >= 15 is 0 Å². The van der Waals surface area contributed by atoms with Crippen molar-refractivity contribution in [3.05, 3.63) is 36.8 Å². The zero-order valence-electron chi connectivity index (χ0n) is 11.8. The van der Waals surface area contributed by atoms with Gasteiger partial charge in [0.15, 0.2) is 5.96 Å². The molecule has 0 bridgehead atoms. The Kier molecular flexibility index (Phi) is 6.57. The fourth-order valence-corrected chi connectivity index (χ4v) is 3.17. The summed E-state index contributed by atoms with van der Waals surface area (Å²) in [6, 6.07) is 4.42. The summed E-state index contributed by atoms with van der Waals surface area (Å²) in [5.41, 5.74) is 0. The minimum absolute atomic E-state index is 0.522. The van der Waals surface area contributed by atoms with Crippen LogP contribution in [0.4, 0.5) is 0 Å². The number of furan rings is 1. The van der Waals surface area contributed by atoms with Gasteiger partial charge in [-0.1, -0.05) is 6.08 Å². The molecule has 20 heavy (non-hydrogen) atoms. The van der Waals surface area contributed by atoms with E-state index in [2.05, 4.69) is 22.2 Å². The summed E-state index contributed by atoms with van der Waals surface area (Å²) in [6.07, 6.45) is 6.88. The van der Waals surface area contributed by atoms with E-state index in [-0.39, 0.29) is 0 Å². The van der Waals surface area contributed by atoms with Gasteiger partial charge in [-0.2, -0.15) is 11.8 Å². The van der Waals surface area contributed by atoms with Gasteiger partial charge < -0.3 is 15.1 Å². The molecule has 0 spiro atoms. The molecule has 0 saturated carbocycles. The van der Waals surface area contributed by atoms with Crippen LogP contribution in [0.5, 0.6) is 0 Å². The van der Waals surface area contributed by atoms with Crippen LogP contribution in [0.25, 0.3) is 0 Å². The smallest absolute Gasteiger partial charge is 0.191 e. The Morgan fingerprint density at radius 2 is 2.55 bits per heavy atom. The Morgan fingerprint density at radius 3 is 3.25 bits per heavy atom. The largest absolute Gasteiger partial charge is 0.469 e. The van der Waals surface area contributed by atoms with E-state index in [0.29, 0.717) is 6.04 Å². The lowest BCUT2D eigenvalue weighted by molar-refractivity contribution is 0.510. The summed E-state index contributed by atoms with van der Waals surface area (Å²) in [7, 11) is 0. The van der Waals surface area contributed by atoms with Crippen LogP contribution in [0.1, 0.15) is 18.6 Å². The Labute approximate surface area is 125 Å². The predicted octanol–water partition coefficient (Wildman–Crippen LogP) is 2.44. The van der Waals surface area contributed by atoms with Crippen molar-refractivity contribution in [3.8, 4) is 0 Å². The number of aliphatic imine (C=N–C) groups is 1. The van der Waals surface area contributed by atoms with Crippen molar-refractivity contribution >= 4 is 17.7 Å². The molecule has 0 aromatic carbocycles. The summed E-state index contributed by atoms with van der Waals surface area (Å²) in [5, 5.41) is 6.79. The molecular weight excluding hydrogens is 270 g/mol. The highest BCUT2D eigenvalue weighted by Crippen LogP contribution is 2.16. The summed E-state index contributed by atoms with van der Waals surface area (Å²) in [6.45, 7) is 5.19. The maximum absolute atomic E-state index is 5.32. The monoisotopic (exact) mass is 293 g/mol. The first-order valence-electron chi connectivity index (χ1n) is 7.14. The molecule has 1 aliphatic rings. The van der Waals surface area contributed by atoms with Crippen molar-refractivity contribution in [2.24, 2.45) is 4.99 Å². The quantitative estimate of drug-likeness (QED) is 0.480. The molecular formula is C15H23N3OS. The van der Waals surface area contributed by atoms with Crippen molar-refractivity contribution in [3.63, 3.8) is 0 Å². The molecule has 0 aliphatic carbocycles. The first-order chi connectivity index (χ1) is 9.88. The minimum atomic E-state index is 0.522. The van der Waals surface area contributed by atoms with Crippen LogP contribution in [0, 0.1) is 0 Å². The summed E-state index contributed by atoms with van der Waals surface area (Å²) in [4.78, 5) is 4.61. The van der Waals surface area contributed by atoms with E-state index in [1.165, 1.54) is 18.6 Å². The van der Waals surface area contributed by atoms with Gasteiger partial charge in [0.25, 0.3) is 0 Å². The van der Waals surface area contributed by atoms with Crippen LogP contribution in [0.3, 0.4) is 0 Å². The lowest BCUT2D eigenvalue weighted by Crippen LogP contribution is -2.45. The number of thioether (sulfide) groups is 1. The second kappa shape index (κ2) is 8.74. The van der Waals surface area contributed by atoms with Crippen LogP contribution in [0.2, 0.25) is 0 Å². The zero-order valence-corrected chi connectivity index (χ0v) is 12.6. The molecule has 0 amide bonds. The van der Waals surface area contributed by atoms with Crippen LogP contribution in [0.15, 0.2) is 40.5 Å². The molecule has 2 heterocycles. The molecule has 0 radical (unpaired) electrons. The van der Waals surface area contributed by atoms with Crippen LogP contribution >= 0.6 is 11.8 Å². The number of nitrogens with one attached hydrogen (secondary N) is 2. The molecule has 5 heteroatoms. The fourth-order valence-electron chi connectivity index (χ4n) is 2.10. The molecule has 1 aromatic rings. The molecule has 110 valence electrons. The minimum Gasteiger partial charge on any atom is -0.469 e. The summed E-state index contributed by atoms with van der Waals surface area (Å²) in [5.74, 6) is 4.30. The van der Waals surface area contributed by atoms with E-state index in [1.807, 2.05) is 30.0 Å². The summed E-state index contributed by atoms with van der Waals surface area (Å²) < 4.78 is 5.32. The third-order valence-electron chi connectivity index (χ3n) is 3.12. The number of hydrogen-bond acceptors (Lipinski definition) is 3. The summed E-state index contributed by atoms with van der Waals surface area (Å²) >= 11 is 2.01. The lowest BCUT2D eigenvalue weighted by Gasteiger charge is -2.24. The molecule has 1 aromatic heterocycles. The van der Waals surface area contributed by atoms with E-state index in [1.54, 1.807) is 6.26 Å². The van der Waals surface area contributed by atoms with Gasteiger partial charge in [0.05, 0.1) is 6.26 Å². The van der Waals surface area contributed by atoms with Gasteiger partial charge in [0.1, 0.15) is 5.76 Å². The number of guanidine groups is 1. The Morgan fingerprint density at radius 1 is 1.60 bits per heavy atom. The molecule has 4 nitrogen and oxygen atoms in total. The Bertz CT molecular complexity index is 411. The van der Waals surface area contributed by atoms with Crippen LogP contribution in [-0.2, 0) is 6.42 Å². The molecule has 2 N–H and O–H groups in total. The Hall–Kier alpha value is -1.36. The number of nitrogens with zero attached hydrogens (tertiary/aromatic N) is 1. The average molecular weight is 293 g/mol. The normalized spacial score (nSPS) is 19.6. The Balaban J connectivity index is 1.82. The van der Waals surface area contributed by atoms with Gasteiger partial charge in [-0.15, -0.1) is 6.58 Å². The maximum atomic E-state index is 5.32. The molecule has 1 atom stereocenters. The van der Waals surface area contributed by atoms with Gasteiger partial charge in [-0.05, 0) is 30.7 Å². The van der Waals surface area contributed by atoms with Crippen molar-refractivity contribution in [2.45, 2.75) is 25.3 Å². The third kappa shape index (κ3) is 5.33.